The van der Waals surface area contributed by atoms with Gasteiger partial charge in [0.2, 0.25) is 11.8 Å². The number of urea groups is 1. The van der Waals surface area contributed by atoms with Gasteiger partial charge in [0.1, 0.15) is 6.04 Å². The molecule has 1 aliphatic rings. The second-order valence-corrected chi connectivity index (χ2v) is 6.57. The third kappa shape index (κ3) is 5.75. The highest BCUT2D eigenvalue weighted by Gasteiger charge is 2.34. The molecule has 1 aromatic carbocycles. The Morgan fingerprint density at radius 3 is 2.65 bits per heavy atom. The number of amides is 4. The van der Waals surface area contributed by atoms with Gasteiger partial charge in [-0.2, -0.15) is 0 Å². The number of likely N-dealkylation sites (tertiary alicyclic amines) is 1. The van der Waals surface area contributed by atoms with E-state index in [-0.39, 0.29) is 36.9 Å². The SMILES string of the molecule is CC[C@@H](C)NC(=O)CCNC(=O)N1CCC[C@H]1C(=O)Nc1ccccc1. The Bertz CT molecular complexity index is 620. The van der Waals surface area contributed by atoms with Crippen molar-refractivity contribution in [2.45, 2.75) is 51.6 Å². The Morgan fingerprint density at radius 1 is 1.23 bits per heavy atom. The minimum Gasteiger partial charge on any atom is -0.354 e. The lowest BCUT2D eigenvalue weighted by molar-refractivity contribution is -0.122. The third-order valence-electron chi connectivity index (χ3n) is 4.51. The topological polar surface area (TPSA) is 90.5 Å². The molecule has 1 fully saturated rings. The molecular formula is C19H28N4O3. The van der Waals surface area contributed by atoms with Crippen molar-refractivity contribution >= 4 is 23.5 Å². The highest BCUT2D eigenvalue weighted by atomic mass is 16.2. The first kappa shape index (κ1) is 19.8. The summed E-state index contributed by atoms with van der Waals surface area (Å²) in [6.45, 7) is 4.74. The van der Waals surface area contributed by atoms with Crippen LogP contribution in [-0.4, -0.2) is 47.9 Å². The van der Waals surface area contributed by atoms with E-state index in [0.29, 0.717) is 18.7 Å². The van der Waals surface area contributed by atoms with Gasteiger partial charge in [-0.15, -0.1) is 0 Å². The van der Waals surface area contributed by atoms with Crippen LogP contribution in [0.2, 0.25) is 0 Å². The van der Waals surface area contributed by atoms with Crippen molar-refractivity contribution in [3.05, 3.63) is 30.3 Å². The van der Waals surface area contributed by atoms with Crippen LogP contribution in [0.5, 0.6) is 0 Å². The van der Waals surface area contributed by atoms with Crippen LogP contribution in [0.1, 0.15) is 39.5 Å². The molecule has 0 aliphatic carbocycles. The molecule has 0 saturated carbocycles. The van der Waals surface area contributed by atoms with Gasteiger partial charge in [-0.1, -0.05) is 25.1 Å². The molecule has 7 nitrogen and oxygen atoms in total. The summed E-state index contributed by atoms with van der Waals surface area (Å²) in [4.78, 5) is 38.1. The summed E-state index contributed by atoms with van der Waals surface area (Å²) in [7, 11) is 0. The van der Waals surface area contributed by atoms with Gasteiger partial charge in [0.05, 0.1) is 0 Å². The molecule has 7 heteroatoms. The van der Waals surface area contributed by atoms with Gasteiger partial charge in [0.15, 0.2) is 0 Å². The van der Waals surface area contributed by atoms with Gasteiger partial charge < -0.3 is 20.9 Å². The van der Waals surface area contributed by atoms with Crippen LogP contribution < -0.4 is 16.0 Å². The van der Waals surface area contributed by atoms with E-state index in [1.807, 2.05) is 44.2 Å². The van der Waals surface area contributed by atoms with Gasteiger partial charge in [-0.3, -0.25) is 9.59 Å². The molecule has 2 atom stereocenters. The Hall–Kier alpha value is -2.57. The summed E-state index contributed by atoms with van der Waals surface area (Å²) >= 11 is 0. The van der Waals surface area contributed by atoms with E-state index in [9.17, 15) is 14.4 Å². The van der Waals surface area contributed by atoms with E-state index in [0.717, 1.165) is 12.8 Å². The second-order valence-electron chi connectivity index (χ2n) is 6.57. The molecule has 4 amide bonds. The molecule has 1 saturated heterocycles. The minimum atomic E-state index is -0.482. The van der Waals surface area contributed by atoms with E-state index in [2.05, 4.69) is 16.0 Å². The van der Waals surface area contributed by atoms with Gasteiger partial charge in [0.25, 0.3) is 0 Å². The molecule has 0 bridgehead atoms. The lowest BCUT2D eigenvalue weighted by atomic mass is 10.2. The number of carbonyl (C=O) groups is 3. The van der Waals surface area contributed by atoms with Crippen molar-refractivity contribution in [3.8, 4) is 0 Å². The molecule has 0 aromatic heterocycles. The van der Waals surface area contributed by atoms with Crippen LogP contribution in [0.25, 0.3) is 0 Å². The number of carbonyl (C=O) groups excluding carboxylic acids is 3. The Kier molecular flexibility index (Phi) is 7.44. The molecular weight excluding hydrogens is 332 g/mol. The minimum absolute atomic E-state index is 0.0838. The van der Waals surface area contributed by atoms with E-state index in [1.165, 1.54) is 0 Å². The quantitative estimate of drug-likeness (QED) is 0.695. The maximum absolute atomic E-state index is 12.5. The van der Waals surface area contributed by atoms with Crippen LogP contribution >= 0.6 is 0 Å². The van der Waals surface area contributed by atoms with E-state index < -0.39 is 6.04 Å². The van der Waals surface area contributed by atoms with Gasteiger partial charge in [-0.25, -0.2) is 4.79 Å². The van der Waals surface area contributed by atoms with Gasteiger partial charge >= 0.3 is 6.03 Å². The van der Waals surface area contributed by atoms with E-state index >= 15 is 0 Å². The van der Waals surface area contributed by atoms with Crippen molar-refractivity contribution in [2.75, 3.05) is 18.4 Å². The fourth-order valence-electron chi connectivity index (χ4n) is 2.86. The summed E-state index contributed by atoms with van der Waals surface area (Å²) in [5, 5.41) is 8.45. The molecule has 142 valence electrons. The molecule has 0 spiro atoms. The molecule has 0 radical (unpaired) electrons. The zero-order valence-electron chi connectivity index (χ0n) is 15.5. The highest BCUT2D eigenvalue weighted by molar-refractivity contribution is 5.97. The Balaban J connectivity index is 1.80. The van der Waals surface area contributed by atoms with Crippen LogP contribution in [0.4, 0.5) is 10.5 Å². The number of benzene rings is 1. The standard InChI is InChI=1S/C19H28N4O3/c1-3-14(2)21-17(24)11-12-20-19(26)23-13-7-10-16(23)18(25)22-15-8-5-4-6-9-15/h4-6,8-9,14,16H,3,7,10-13H2,1-2H3,(H,20,26)(H,21,24)(H,22,25)/t14-,16+/m1/s1. The smallest absolute Gasteiger partial charge is 0.318 e. The van der Waals surface area contributed by atoms with Crippen molar-refractivity contribution in [1.82, 2.24) is 15.5 Å². The van der Waals surface area contributed by atoms with E-state index in [1.54, 1.807) is 4.90 Å². The normalized spacial score (nSPS) is 17.5. The summed E-state index contributed by atoms with van der Waals surface area (Å²) in [6.07, 6.45) is 2.52. The molecule has 0 unspecified atom stereocenters. The summed E-state index contributed by atoms with van der Waals surface area (Å²) in [5.74, 6) is -0.266. The van der Waals surface area contributed by atoms with Crippen molar-refractivity contribution < 1.29 is 14.4 Å². The Labute approximate surface area is 154 Å². The van der Waals surface area contributed by atoms with E-state index in [4.69, 9.17) is 0 Å². The molecule has 1 aromatic rings. The number of rotatable bonds is 7. The summed E-state index contributed by atoms with van der Waals surface area (Å²) < 4.78 is 0. The maximum atomic E-state index is 12.5. The summed E-state index contributed by atoms with van der Waals surface area (Å²) in [5.41, 5.74) is 0.714. The van der Waals surface area contributed by atoms with Crippen molar-refractivity contribution in [1.29, 1.82) is 0 Å². The predicted molar refractivity (Wildman–Crippen MR) is 101 cm³/mol. The Morgan fingerprint density at radius 2 is 1.96 bits per heavy atom. The zero-order chi connectivity index (χ0) is 18.9. The molecule has 26 heavy (non-hydrogen) atoms. The zero-order valence-corrected chi connectivity index (χ0v) is 15.5. The number of hydrogen-bond donors (Lipinski definition) is 3. The molecule has 3 N–H and O–H groups in total. The number of anilines is 1. The van der Waals surface area contributed by atoms with Crippen molar-refractivity contribution in [3.63, 3.8) is 0 Å². The second kappa shape index (κ2) is 9.79. The number of hydrogen-bond acceptors (Lipinski definition) is 3. The number of nitrogens with one attached hydrogen (secondary N) is 3. The van der Waals surface area contributed by atoms with Gasteiger partial charge in [-0.05, 0) is 38.3 Å². The number of para-hydroxylation sites is 1. The number of nitrogens with zero attached hydrogens (tertiary/aromatic N) is 1. The third-order valence-corrected chi connectivity index (χ3v) is 4.51. The highest BCUT2D eigenvalue weighted by Crippen LogP contribution is 2.19. The molecule has 2 rings (SSSR count). The molecule has 1 aliphatic heterocycles. The predicted octanol–water partition coefficient (Wildman–Crippen LogP) is 2.10. The first-order valence-electron chi connectivity index (χ1n) is 9.21. The lowest BCUT2D eigenvalue weighted by Gasteiger charge is -2.24. The lowest BCUT2D eigenvalue weighted by Crippen LogP contribution is -2.48. The summed E-state index contributed by atoms with van der Waals surface area (Å²) in [6, 6.07) is 8.54. The molecule has 1 heterocycles. The van der Waals surface area contributed by atoms with Crippen LogP contribution in [-0.2, 0) is 9.59 Å². The van der Waals surface area contributed by atoms with Crippen LogP contribution in [0.15, 0.2) is 30.3 Å². The average Bonchev–Trinajstić information content (AvgIpc) is 3.12. The first-order chi connectivity index (χ1) is 12.5. The van der Waals surface area contributed by atoms with Gasteiger partial charge in [0, 0.05) is 31.2 Å². The fourth-order valence-corrected chi connectivity index (χ4v) is 2.86. The van der Waals surface area contributed by atoms with Crippen LogP contribution in [0, 0.1) is 0 Å². The monoisotopic (exact) mass is 360 g/mol. The fraction of sp³-hybridized carbons (Fsp3) is 0.526. The van der Waals surface area contributed by atoms with Crippen molar-refractivity contribution in [2.24, 2.45) is 0 Å². The maximum Gasteiger partial charge on any atom is 0.318 e. The first-order valence-corrected chi connectivity index (χ1v) is 9.21. The van der Waals surface area contributed by atoms with Crippen LogP contribution in [0.3, 0.4) is 0 Å². The average molecular weight is 360 g/mol. The largest absolute Gasteiger partial charge is 0.354 e.